The van der Waals surface area contributed by atoms with Crippen LogP contribution in [0.3, 0.4) is 0 Å². The maximum Gasteiger partial charge on any atom is 0.251 e. The SMILES string of the molecule is CCCn1c(=NC(=O)C2CC2)sc2cc3c(cc21)OCO3. The lowest BCUT2D eigenvalue weighted by Crippen LogP contribution is -2.17. The average molecular weight is 304 g/mol. The second kappa shape index (κ2) is 4.87. The Morgan fingerprint density at radius 3 is 2.86 bits per heavy atom. The van der Waals surface area contributed by atoms with Gasteiger partial charge in [0.15, 0.2) is 16.3 Å². The van der Waals surface area contributed by atoms with E-state index >= 15 is 0 Å². The highest BCUT2D eigenvalue weighted by molar-refractivity contribution is 7.16. The minimum atomic E-state index is 0.0199. The zero-order chi connectivity index (χ0) is 14.4. The van der Waals surface area contributed by atoms with Gasteiger partial charge in [0, 0.05) is 24.6 Å². The molecule has 1 saturated carbocycles. The number of hydrogen-bond acceptors (Lipinski definition) is 4. The number of ether oxygens (including phenoxy) is 2. The Kier molecular flexibility index (Phi) is 2.99. The van der Waals surface area contributed by atoms with E-state index in [2.05, 4.69) is 16.5 Å². The van der Waals surface area contributed by atoms with Crippen molar-refractivity contribution in [2.75, 3.05) is 6.79 Å². The minimum Gasteiger partial charge on any atom is -0.454 e. The topological polar surface area (TPSA) is 52.8 Å². The fourth-order valence-corrected chi connectivity index (χ4v) is 3.57. The van der Waals surface area contributed by atoms with Crippen LogP contribution in [0.1, 0.15) is 26.2 Å². The molecular formula is C15H16N2O3S. The molecule has 1 fully saturated rings. The van der Waals surface area contributed by atoms with Crippen molar-refractivity contribution in [3.05, 3.63) is 16.9 Å². The molecule has 4 rings (SSSR count). The van der Waals surface area contributed by atoms with Crippen molar-refractivity contribution in [2.45, 2.75) is 32.7 Å². The van der Waals surface area contributed by atoms with Gasteiger partial charge in [0.1, 0.15) is 0 Å². The van der Waals surface area contributed by atoms with Crippen molar-refractivity contribution in [2.24, 2.45) is 10.9 Å². The smallest absolute Gasteiger partial charge is 0.251 e. The zero-order valence-corrected chi connectivity index (χ0v) is 12.6. The van der Waals surface area contributed by atoms with Crippen LogP contribution in [0.25, 0.3) is 10.2 Å². The molecule has 1 aromatic heterocycles. The van der Waals surface area contributed by atoms with Crippen molar-refractivity contribution in [1.29, 1.82) is 0 Å². The number of carbonyl (C=O) groups excluding carboxylic acids is 1. The number of aryl methyl sites for hydroxylation is 1. The molecule has 2 aliphatic rings. The van der Waals surface area contributed by atoms with Crippen LogP contribution in [0.2, 0.25) is 0 Å². The van der Waals surface area contributed by atoms with Crippen LogP contribution in [0.5, 0.6) is 11.5 Å². The third kappa shape index (κ3) is 2.23. The molecule has 0 atom stereocenters. The largest absolute Gasteiger partial charge is 0.454 e. The van der Waals surface area contributed by atoms with Crippen LogP contribution in [-0.2, 0) is 11.3 Å². The number of carbonyl (C=O) groups is 1. The third-order valence-corrected chi connectivity index (χ3v) is 4.80. The molecule has 1 amide bonds. The van der Waals surface area contributed by atoms with Crippen molar-refractivity contribution in [1.82, 2.24) is 4.57 Å². The molecule has 1 aromatic carbocycles. The number of amides is 1. The molecule has 1 aliphatic carbocycles. The minimum absolute atomic E-state index is 0.0199. The second-order valence-electron chi connectivity index (χ2n) is 5.43. The first kappa shape index (κ1) is 12.9. The lowest BCUT2D eigenvalue weighted by atomic mass is 10.3. The summed E-state index contributed by atoms with van der Waals surface area (Å²) in [5.41, 5.74) is 1.06. The van der Waals surface area contributed by atoms with E-state index in [1.54, 1.807) is 11.3 Å². The Morgan fingerprint density at radius 1 is 1.38 bits per heavy atom. The molecule has 6 heteroatoms. The van der Waals surface area contributed by atoms with Gasteiger partial charge < -0.3 is 14.0 Å². The molecule has 0 saturated heterocycles. The van der Waals surface area contributed by atoms with Gasteiger partial charge in [0.25, 0.3) is 5.91 Å². The highest BCUT2D eigenvalue weighted by atomic mass is 32.1. The second-order valence-corrected chi connectivity index (χ2v) is 6.44. The monoisotopic (exact) mass is 304 g/mol. The summed E-state index contributed by atoms with van der Waals surface area (Å²) in [6.07, 6.45) is 2.96. The van der Waals surface area contributed by atoms with Gasteiger partial charge in [-0.3, -0.25) is 4.79 Å². The molecule has 21 heavy (non-hydrogen) atoms. The zero-order valence-electron chi connectivity index (χ0n) is 11.8. The molecule has 1 aliphatic heterocycles. The van der Waals surface area contributed by atoms with Gasteiger partial charge in [-0.15, -0.1) is 0 Å². The Hall–Kier alpha value is -1.82. The maximum atomic E-state index is 12.0. The van der Waals surface area contributed by atoms with E-state index in [0.717, 1.165) is 52.3 Å². The number of hydrogen-bond donors (Lipinski definition) is 0. The van der Waals surface area contributed by atoms with E-state index in [4.69, 9.17) is 9.47 Å². The van der Waals surface area contributed by atoms with E-state index < -0.39 is 0 Å². The molecular weight excluding hydrogens is 288 g/mol. The normalized spacial score (nSPS) is 17.7. The van der Waals surface area contributed by atoms with E-state index in [9.17, 15) is 4.79 Å². The van der Waals surface area contributed by atoms with Gasteiger partial charge >= 0.3 is 0 Å². The summed E-state index contributed by atoms with van der Waals surface area (Å²) in [7, 11) is 0. The molecule has 0 bridgehead atoms. The highest BCUT2D eigenvalue weighted by Crippen LogP contribution is 2.37. The van der Waals surface area contributed by atoms with Crippen LogP contribution in [0.15, 0.2) is 17.1 Å². The fourth-order valence-electron chi connectivity index (χ4n) is 2.50. The number of fused-ring (bicyclic) bond motifs is 2. The molecule has 0 unspecified atom stereocenters. The molecule has 0 radical (unpaired) electrons. The van der Waals surface area contributed by atoms with Gasteiger partial charge in [0.05, 0.1) is 10.2 Å². The van der Waals surface area contributed by atoms with Crippen molar-refractivity contribution >= 4 is 27.5 Å². The van der Waals surface area contributed by atoms with Crippen molar-refractivity contribution in [3.63, 3.8) is 0 Å². The highest BCUT2D eigenvalue weighted by Gasteiger charge is 2.29. The van der Waals surface area contributed by atoms with Crippen molar-refractivity contribution < 1.29 is 14.3 Å². The number of nitrogens with zero attached hydrogens (tertiary/aromatic N) is 2. The predicted octanol–water partition coefficient (Wildman–Crippen LogP) is 2.68. The lowest BCUT2D eigenvalue weighted by molar-refractivity contribution is -0.119. The van der Waals surface area contributed by atoms with Gasteiger partial charge in [-0.2, -0.15) is 4.99 Å². The molecule has 0 N–H and O–H groups in total. The summed E-state index contributed by atoms with van der Waals surface area (Å²) in [4.78, 5) is 17.1. The first-order chi connectivity index (χ1) is 10.3. The summed E-state index contributed by atoms with van der Waals surface area (Å²) >= 11 is 1.54. The Balaban J connectivity index is 1.89. The van der Waals surface area contributed by atoms with Gasteiger partial charge in [0.2, 0.25) is 6.79 Å². The summed E-state index contributed by atoms with van der Waals surface area (Å²) in [6.45, 7) is 3.24. The number of rotatable bonds is 3. The summed E-state index contributed by atoms with van der Waals surface area (Å²) < 4.78 is 14.1. The fraction of sp³-hybridized carbons (Fsp3) is 0.467. The molecule has 5 nitrogen and oxygen atoms in total. The number of benzene rings is 1. The summed E-state index contributed by atoms with van der Waals surface area (Å²) in [6, 6.07) is 3.97. The summed E-state index contributed by atoms with van der Waals surface area (Å²) in [5.74, 6) is 1.71. The van der Waals surface area contributed by atoms with Gasteiger partial charge in [-0.1, -0.05) is 18.3 Å². The lowest BCUT2D eigenvalue weighted by Gasteiger charge is -2.03. The molecule has 110 valence electrons. The summed E-state index contributed by atoms with van der Waals surface area (Å²) in [5, 5.41) is 0. The quantitative estimate of drug-likeness (QED) is 0.876. The first-order valence-electron chi connectivity index (χ1n) is 7.28. The van der Waals surface area contributed by atoms with E-state index in [1.807, 2.05) is 12.1 Å². The van der Waals surface area contributed by atoms with Crippen LogP contribution < -0.4 is 14.3 Å². The number of thiazole rings is 1. The van der Waals surface area contributed by atoms with Gasteiger partial charge in [-0.25, -0.2) is 0 Å². The molecule has 0 spiro atoms. The van der Waals surface area contributed by atoms with E-state index in [0.29, 0.717) is 0 Å². The van der Waals surface area contributed by atoms with Crippen molar-refractivity contribution in [3.8, 4) is 11.5 Å². The molecule has 2 aromatic rings. The van der Waals surface area contributed by atoms with Crippen LogP contribution in [-0.4, -0.2) is 17.3 Å². The third-order valence-electron chi connectivity index (χ3n) is 3.76. The predicted molar refractivity (Wildman–Crippen MR) is 79.5 cm³/mol. The van der Waals surface area contributed by atoms with Crippen LogP contribution in [0.4, 0.5) is 0 Å². The average Bonchev–Trinajstić information content (AvgIpc) is 3.15. The Morgan fingerprint density at radius 2 is 2.14 bits per heavy atom. The van der Waals surface area contributed by atoms with Crippen LogP contribution in [0, 0.1) is 5.92 Å². The Labute approximate surface area is 125 Å². The van der Waals surface area contributed by atoms with Gasteiger partial charge in [-0.05, 0) is 19.3 Å². The first-order valence-corrected chi connectivity index (χ1v) is 8.09. The standard InChI is InChI=1S/C15H16N2O3S/c1-2-5-17-10-6-11-12(20-8-19-11)7-13(10)21-15(17)16-14(18)9-3-4-9/h6-7,9H,2-5,8H2,1H3. The number of aromatic nitrogens is 1. The van der Waals surface area contributed by atoms with E-state index in [-0.39, 0.29) is 18.6 Å². The van der Waals surface area contributed by atoms with Crippen LogP contribution >= 0.6 is 11.3 Å². The van der Waals surface area contributed by atoms with E-state index in [1.165, 1.54) is 0 Å². The maximum absolute atomic E-state index is 12.0. The molecule has 2 heterocycles. The Bertz CT molecular complexity index is 786.